The van der Waals surface area contributed by atoms with Crippen molar-refractivity contribution in [2.45, 2.75) is 93.5 Å². The summed E-state index contributed by atoms with van der Waals surface area (Å²) in [6, 6.07) is 1.87. The SMILES string of the molecule is CC(C)N(C)C.CC(C)O.CCN(CC)C(C)C.CON(C)C(C)C. The van der Waals surface area contributed by atoms with Crippen LogP contribution >= 0.6 is 0 Å². The van der Waals surface area contributed by atoms with Gasteiger partial charge in [0.05, 0.1) is 7.11 Å². The third kappa shape index (κ3) is 35.7. The molecule has 0 rings (SSSR count). The van der Waals surface area contributed by atoms with Gasteiger partial charge < -0.3 is 19.7 Å². The largest absolute Gasteiger partial charge is 0.394 e. The highest BCUT2D eigenvalue weighted by atomic mass is 16.7. The van der Waals surface area contributed by atoms with Crippen LogP contribution in [0.15, 0.2) is 0 Å². The quantitative estimate of drug-likeness (QED) is 0.721. The fourth-order valence-electron chi connectivity index (χ4n) is 1.16. The molecule has 5 nitrogen and oxygen atoms in total. The lowest BCUT2D eigenvalue weighted by Gasteiger charge is -2.21. The van der Waals surface area contributed by atoms with Gasteiger partial charge in [-0.05, 0) is 82.6 Å². The number of rotatable bonds is 6. The monoisotopic (exact) mass is 365 g/mol. The van der Waals surface area contributed by atoms with Crippen molar-refractivity contribution in [3.05, 3.63) is 0 Å². The van der Waals surface area contributed by atoms with E-state index in [1.807, 2.05) is 7.05 Å². The molecular weight excluding hydrogens is 314 g/mol. The average molecular weight is 366 g/mol. The number of hydroxylamine groups is 2. The summed E-state index contributed by atoms with van der Waals surface area (Å²) in [5.41, 5.74) is 0. The van der Waals surface area contributed by atoms with E-state index in [0.29, 0.717) is 18.1 Å². The van der Waals surface area contributed by atoms with Crippen molar-refractivity contribution >= 4 is 0 Å². The molecule has 0 aromatic carbocycles. The summed E-state index contributed by atoms with van der Waals surface area (Å²) < 4.78 is 0. The first-order chi connectivity index (χ1) is 11.3. The highest BCUT2D eigenvalue weighted by Crippen LogP contribution is 1.94. The van der Waals surface area contributed by atoms with Crippen molar-refractivity contribution < 1.29 is 9.94 Å². The molecule has 25 heavy (non-hydrogen) atoms. The van der Waals surface area contributed by atoms with E-state index in [1.54, 1.807) is 26.0 Å². The third-order valence-electron chi connectivity index (χ3n) is 3.59. The molecule has 5 heteroatoms. The summed E-state index contributed by atoms with van der Waals surface area (Å²) in [6.07, 6.45) is -0.167. The summed E-state index contributed by atoms with van der Waals surface area (Å²) in [4.78, 5) is 9.43. The fourth-order valence-corrected chi connectivity index (χ4v) is 1.16. The Kier molecular flexibility index (Phi) is 28.4. The van der Waals surface area contributed by atoms with Gasteiger partial charge in [-0.15, -0.1) is 0 Å². The van der Waals surface area contributed by atoms with Crippen LogP contribution in [0, 0.1) is 0 Å². The molecule has 0 heterocycles. The minimum atomic E-state index is -0.167. The molecule has 0 radical (unpaired) electrons. The van der Waals surface area contributed by atoms with Gasteiger partial charge in [0.15, 0.2) is 0 Å². The molecule has 0 saturated heterocycles. The van der Waals surface area contributed by atoms with Crippen molar-refractivity contribution in [3.63, 3.8) is 0 Å². The maximum Gasteiger partial charge on any atom is 0.0575 e. The smallest absolute Gasteiger partial charge is 0.0575 e. The Balaban J connectivity index is -0.000000121. The predicted octanol–water partition coefficient (Wildman–Crippen LogP) is 3.97. The molecule has 158 valence electrons. The Morgan fingerprint density at radius 3 is 1.00 bits per heavy atom. The minimum Gasteiger partial charge on any atom is -0.394 e. The van der Waals surface area contributed by atoms with Crippen molar-refractivity contribution in [2.24, 2.45) is 0 Å². The molecule has 0 spiro atoms. The second kappa shape index (κ2) is 21.8. The van der Waals surface area contributed by atoms with Crippen LogP contribution in [0.3, 0.4) is 0 Å². The first-order valence-corrected chi connectivity index (χ1v) is 9.63. The Morgan fingerprint density at radius 1 is 0.720 bits per heavy atom. The molecule has 0 bridgehead atoms. The van der Waals surface area contributed by atoms with Gasteiger partial charge in [-0.3, -0.25) is 0 Å². The van der Waals surface area contributed by atoms with Crippen LogP contribution < -0.4 is 0 Å². The topological polar surface area (TPSA) is 39.2 Å². The van der Waals surface area contributed by atoms with Gasteiger partial charge in [0.2, 0.25) is 0 Å². The summed E-state index contributed by atoms with van der Waals surface area (Å²) in [7, 11) is 7.72. The van der Waals surface area contributed by atoms with Crippen molar-refractivity contribution in [2.75, 3.05) is 41.3 Å². The van der Waals surface area contributed by atoms with Crippen LogP contribution in [0.25, 0.3) is 0 Å². The normalized spacial score (nSPS) is 10.8. The lowest BCUT2D eigenvalue weighted by atomic mass is 10.3. The molecule has 0 fully saturated rings. The van der Waals surface area contributed by atoms with Gasteiger partial charge in [0.25, 0.3) is 0 Å². The van der Waals surface area contributed by atoms with Crippen LogP contribution in [-0.2, 0) is 4.84 Å². The Hall–Kier alpha value is -0.200. The minimum absolute atomic E-state index is 0.167. The molecule has 0 atom stereocenters. The van der Waals surface area contributed by atoms with Gasteiger partial charge in [0.1, 0.15) is 0 Å². The lowest BCUT2D eigenvalue weighted by molar-refractivity contribution is -0.131. The fraction of sp³-hybridized carbons (Fsp3) is 1.00. The van der Waals surface area contributed by atoms with E-state index in [1.165, 1.54) is 13.1 Å². The van der Waals surface area contributed by atoms with E-state index in [9.17, 15) is 0 Å². The van der Waals surface area contributed by atoms with Crippen LogP contribution in [0.1, 0.15) is 69.2 Å². The number of hydrogen-bond donors (Lipinski definition) is 1. The van der Waals surface area contributed by atoms with E-state index in [4.69, 9.17) is 9.94 Å². The lowest BCUT2D eigenvalue weighted by Crippen LogP contribution is -2.29. The van der Waals surface area contributed by atoms with E-state index in [-0.39, 0.29) is 6.10 Å². The number of aliphatic hydroxyl groups is 1. The molecular formula is C20H51N3O2. The van der Waals surface area contributed by atoms with E-state index >= 15 is 0 Å². The summed E-state index contributed by atoms with van der Waals surface area (Å²) in [5.74, 6) is 0. The Bertz CT molecular complexity index is 220. The predicted molar refractivity (Wildman–Crippen MR) is 114 cm³/mol. The van der Waals surface area contributed by atoms with Gasteiger partial charge in [0, 0.05) is 31.3 Å². The van der Waals surface area contributed by atoms with Gasteiger partial charge >= 0.3 is 0 Å². The molecule has 1 N–H and O–H groups in total. The molecule has 0 aliphatic carbocycles. The van der Waals surface area contributed by atoms with Crippen LogP contribution in [0.5, 0.6) is 0 Å². The zero-order valence-corrected chi connectivity index (χ0v) is 19.9. The van der Waals surface area contributed by atoms with Crippen molar-refractivity contribution in [1.82, 2.24) is 14.9 Å². The summed E-state index contributed by atoms with van der Waals surface area (Å²) >= 11 is 0. The maximum atomic E-state index is 8.06. The zero-order valence-electron chi connectivity index (χ0n) is 19.9. The summed E-state index contributed by atoms with van der Waals surface area (Å²) in [5, 5.41) is 9.85. The molecule has 0 amide bonds. The van der Waals surface area contributed by atoms with Crippen molar-refractivity contribution in [3.8, 4) is 0 Å². The second-order valence-corrected chi connectivity index (χ2v) is 7.29. The standard InChI is InChI=1S/C7H17N.C5H13NO.C5H13N.C3H8O/c1-5-8(6-2)7(3)4;1-5(2)6(3)7-4;1-5(2)6(3)4;1-3(2)4/h7H,5-6H2,1-4H3;5H,1-4H3;5H,1-4H3;3-4H,1-2H3. The van der Waals surface area contributed by atoms with Gasteiger partial charge in [-0.2, -0.15) is 5.06 Å². The van der Waals surface area contributed by atoms with Gasteiger partial charge in [-0.25, -0.2) is 0 Å². The van der Waals surface area contributed by atoms with Crippen molar-refractivity contribution in [1.29, 1.82) is 0 Å². The molecule has 0 aliphatic rings. The van der Waals surface area contributed by atoms with E-state index in [2.05, 4.69) is 79.3 Å². The van der Waals surface area contributed by atoms with E-state index in [0.717, 1.165) is 0 Å². The molecule has 0 saturated carbocycles. The second-order valence-electron chi connectivity index (χ2n) is 7.29. The van der Waals surface area contributed by atoms with Crippen LogP contribution in [-0.4, -0.2) is 85.5 Å². The summed E-state index contributed by atoms with van der Waals surface area (Å²) in [6.45, 7) is 23.1. The number of nitrogens with zero attached hydrogens (tertiary/aromatic N) is 3. The molecule has 0 aliphatic heterocycles. The highest BCUT2D eigenvalue weighted by Gasteiger charge is 2.00. The third-order valence-corrected chi connectivity index (χ3v) is 3.59. The molecule has 0 aromatic heterocycles. The Labute approximate surface area is 160 Å². The molecule has 0 unspecified atom stereocenters. The van der Waals surface area contributed by atoms with Crippen LogP contribution in [0.4, 0.5) is 0 Å². The zero-order chi connectivity index (χ0) is 21.2. The highest BCUT2D eigenvalue weighted by molar-refractivity contribution is 4.56. The number of hydrogen-bond acceptors (Lipinski definition) is 5. The first-order valence-electron chi connectivity index (χ1n) is 9.63. The maximum absolute atomic E-state index is 8.06. The molecule has 0 aromatic rings. The average Bonchev–Trinajstić information content (AvgIpc) is 2.47. The number of aliphatic hydroxyl groups excluding tert-OH is 1. The first kappa shape index (κ1) is 32.5. The van der Waals surface area contributed by atoms with Crippen LogP contribution in [0.2, 0.25) is 0 Å². The van der Waals surface area contributed by atoms with E-state index < -0.39 is 0 Å². The van der Waals surface area contributed by atoms with Gasteiger partial charge in [-0.1, -0.05) is 13.8 Å². The Morgan fingerprint density at radius 2 is 1.00 bits per heavy atom.